The summed E-state index contributed by atoms with van der Waals surface area (Å²) >= 11 is 1.57. The zero-order chi connectivity index (χ0) is 24.6. The molecule has 1 N–H and O–H groups in total. The van der Waals surface area contributed by atoms with E-state index >= 15 is 0 Å². The molecule has 0 saturated carbocycles. The molecule has 178 valence electrons. The fourth-order valence-electron chi connectivity index (χ4n) is 4.61. The summed E-state index contributed by atoms with van der Waals surface area (Å²) in [6, 6.07) is 21.7. The molecule has 4 aromatic rings. The number of benzene rings is 2. The molecule has 2 aromatic carbocycles. The summed E-state index contributed by atoms with van der Waals surface area (Å²) in [6.07, 6.45) is 0.902. The first-order valence-corrected chi connectivity index (χ1v) is 12.7. The minimum absolute atomic E-state index is 0.217. The molecule has 0 spiro atoms. The van der Waals surface area contributed by atoms with Crippen LogP contribution in [-0.2, 0) is 24.3 Å². The number of carbonyl (C=O) groups is 2. The van der Waals surface area contributed by atoms with E-state index in [4.69, 9.17) is 5.10 Å². The van der Waals surface area contributed by atoms with Crippen LogP contribution in [0, 0.1) is 6.92 Å². The molecule has 3 heterocycles. The minimum atomic E-state index is -1.15. The summed E-state index contributed by atoms with van der Waals surface area (Å²) < 4.78 is 1.68. The van der Waals surface area contributed by atoms with Gasteiger partial charge < -0.3 is 5.32 Å². The molecular weight excluding hydrogens is 456 g/mol. The Morgan fingerprint density at radius 1 is 1.09 bits per heavy atom. The molecule has 5 rings (SSSR count). The highest BCUT2D eigenvalue weighted by molar-refractivity contribution is 7.13. The van der Waals surface area contributed by atoms with Crippen LogP contribution in [0.4, 0.5) is 5.69 Å². The van der Waals surface area contributed by atoms with Crippen molar-refractivity contribution >= 4 is 28.8 Å². The Morgan fingerprint density at radius 2 is 1.89 bits per heavy atom. The van der Waals surface area contributed by atoms with E-state index in [0.29, 0.717) is 17.9 Å². The van der Waals surface area contributed by atoms with E-state index in [2.05, 4.69) is 18.3 Å². The van der Waals surface area contributed by atoms with Crippen molar-refractivity contribution in [1.29, 1.82) is 0 Å². The molecular formula is C28H28N4O2S. The van der Waals surface area contributed by atoms with Gasteiger partial charge in [-0.25, -0.2) is 0 Å². The molecule has 35 heavy (non-hydrogen) atoms. The maximum atomic E-state index is 13.9. The number of thiophene rings is 1. The lowest BCUT2D eigenvalue weighted by molar-refractivity contribution is -0.126. The van der Waals surface area contributed by atoms with Gasteiger partial charge in [-0.2, -0.15) is 5.10 Å². The van der Waals surface area contributed by atoms with E-state index in [1.807, 2.05) is 79.9 Å². The predicted molar refractivity (Wildman–Crippen MR) is 140 cm³/mol. The number of anilines is 1. The smallest absolute Gasteiger partial charge is 0.277 e. The van der Waals surface area contributed by atoms with Crippen LogP contribution in [0.1, 0.15) is 41.0 Å². The predicted octanol–water partition coefficient (Wildman–Crippen LogP) is 5.22. The van der Waals surface area contributed by atoms with Crippen molar-refractivity contribution in [3.63, 3.8) is 0 Å². The second-order valence-electron chi connectivity index (χ2n) is 9.16. The van der Waals surface area contributed by atoms with Gasteiger partial charge in [0.2, 0.25) is 5.91 Å². The minimum Gasteiger partial charge on any atom is -0.350 e. The van der Waals surface area contributed by atoms with Crippen LogP contribution in [0.15, 0.2) is 72.1 Å². The molecule has 1 aliphatic heterocycles. The average Bonchev–Trinajstić information content (AvgIpc) is 3.53. The second-order valence-corrected chi connectivity index (χ2v) is 10.1. The summed E-state index contributed by atoms with van der Waals surface area (Å²) in [4.78, 5) is 30.2. The molecule has 7 heteroatoms. The van der Waals surface area contributed by atoms with E-state index in [9.17, 15) is 9.59 Å². The van der Waals surface area contributed by atoms with Crippen LogP contribution in [0.25, 0.3) is 10.6 Å². The zero-order valence-electron chi connectivity index (χ0n) is 20.1. The molecule has 1 atom stereocenters. The fourth-order valence-corrected chi connectivity index (χ4v) is 5.29. The number of hydrogen-bond donors (Lipinski definition) is 1. The Kier molecular flexibility index (Phi) is 6.03. The van der Waals surface area contributed by atoms with Crippen molar-refractivity contribution in [3.8, 4) is 10.6 Å². The second kappa shape index (κ2) is 9.15. The van der Waals surface area contributed by atoms with Crippen LogP contribution >= 0.6 is 11.3 Å². The monoisotopic (exact) mass is 484 g/mol. The highest BCUT2D eigenvalue weighted by Gasteiger charge is 2.48. The fraction of sp³-hybridized carbons (Fsp3) is 0.250. The number of aryl methyl sites for hydroxylation is 2. The van der Waals surface area contributed by atoms with Gasteiger partial charge >= 0.3 is 0 Å². The average molecular weight is 485 g/mol. The molecule has 6 nitrogen and oxygen atoms in total. The molecule has 1 unspecified atom stereocenters. The third-order valence-corrected chi connectivity index (χ3v) is 7.45. The molecule has 0 fully saturated rings. The number of nitrogens with one attached hydrogen (secondary N) is 1. The Balaban J connectivity index is 1.53. The molecule has 0 radical (unpaired) electrons. The van der Waals surface area contributed by atoms with Gasteiger partial charge in [0.1, 0.15) is 16.9 Å². The Hall–Kier alpha value is -3.71. The van der Waals surface area contributed by atoms with Crippen LogP contribution in [0.5, 0.6) is 0 Å². The number of amides is 2. The van der Waals surface area contributed by atoms with Gasteiger partial charge in [-0.1, -0.05) is 55.0 Å². The number of aromatic nitrogens is 2. The summed E-state index contributed by atoms with van der Waals surface area (Å²) in [5, 5.41) is 9.77. The third kappa shape index (κ3) is 4.28. The van der Waals surface area contributed by atoms with Crippen LogP contribution in [0.3, 0.4) is 0 Å². The van der Waals surface area contributed by atoms with Gasteiger partial charge in [0.15, 0.2) is 0 Å². The van der Waals surface area contributed by atoms with Crippen molar-refractivity contribution in [3.05, 3.63) is 94.5 Å². The summed E-state index contributed by atoms with van der Waals surface area (Å²) in [7, 11) is 0. The largest absolute Gasteiger partial charge is 0.350 e. The van der Waals surface area contributed by atoms with Crippen molar-refractivity contribution in [2.24, 2.45) is 0 Å². The lowest BCUT2D eigenvalue weighted by atomic mass is 9.93. The summed E-state index contributed by atoms with van der Waals surface area (Å²) in [6.45, 7) is 6.58. The van der Waals surface area contributed by atoms with Gasteiger partial charge in [0.25, 0.3) is 5.91 Å². The quantitative estimate of drug-likeness (QED) is 0.408. The zero-order valence-corrected chi connectivity index (χ0v) is 20.9. The van der Waals surface area contributed by atoms with Crippen molar-refractivity contribution in [2.45, 2.75) is 45.8 Å². The maximum absolute atomic E-state index is 13.9. The van der Waals surface area contributed by atoms with E-state index in [1.54, 1.807) is 20.9 Å². The van der Waals surface area contributed by atoms with Gasteiger partial charge in [0, 0.05) is 12.2 Å². The molecule has 2 amide bonds. The van der Waals surface area contributed by atoms with Gasteiger partial charge in [-0.3, -0.25) is 19.2 Å². The first kappa shape index (κ1) is 23.1. The highest BCUT2D eigenvalue weighted by atomic mass is 32.1. The van der Waals surface area contributed by atoms with E-state index in [1.165, 1.54) is 5.56 Å². The molecule has 0 saturated heterocycles. The van der Waals surface area contributed by atoms with Crippen LogP contribution in [-0.4, -0.2) is 27.1 Å². The van der Waals surface area contributed by atoms with Gasteiger partial charge in [0.05, 0.1) is 11.4 Å². The summed E-state index contributed by atoms with van der Waals surface area (Å²) in [5.41, 5.74) is 4.10. The maximum Gasteiger partial charge on any atom is 0.277 e. The Labute approximate surface area is 209 Å². The van der Waals surface area contributed by atoms with Gasteiger partial charge in [-0.15, -0.1) is 11.3 Å². The van der Waals surface area contributed by atoms with Crippen LogP contribution < -0.4 is 10.2 Å². The standard InChI is InChI=1S/C28H28N4O2S/c1-4-20-10-12-22(13-11-20)32-26(33)24-16-23(25-9-6-14-35-25)30-31(24)18-28(32,3)27(34)29-17-21-8-5-7-19(2)15-21/h5-16H,4,17-18H2,1-3H3,(H,29,34). The Bertz CT molecular complexity index is 1370. The van der Waals surface area contributed by atoms with Crippen molar-refractivity contribution < 1.29 is 9.59 Å². The lowest BCUT2D eigenvalue weighted by Crippen LogP contribution is -2.64. The SMILES string of the molecule is CCc1ccc(N2C(=O)c3cc(-c4cccs4)nn3CC2(C)C(=O)NCc2cccc(C)c2)cc1. The molecule has 1 aliphatic rings. The van der Waals surface area contributed by atoms with E-state index < -0.39 is 5.54 Å². The van der Waals surface area contributed by atoms with Crippen molar-refractivity contribution in [1.82, 2.24) is 15.1 Å². The van der Waals surface area contributed by atoms with Gasteiger partial charge in [-0.05, 0) is 61.0 Å². The van der Waals surface area contributed by atoms with E-state index in [0.717, 1.165) is 28.1 Å². The normalized spacial score (nSPS) is 17.3. The first-order chi connectivity index (χ1) is 16.9. The number of rotatable bonds is 6. The molecule has 0 aliphatic carbocycles. The highest BCUT2D eigenvalue weighted by Crippen LogP contribution is 2.35. The number of fused-ring (bicyclic) bond motifs is 1. The number of carbonyl (C=O) groups excluding carboxylic acids is 2. The topological polar surface area (TPSA) is 67.2 Å². The molecule has 0 bridgehead atoms. The third-order valence-electron chi connectivity index (χ3n) is 6.55. The van der Waals surface area contributed by atoms with E-state index in [-0.39, 0.29) is 18.4 Å². The lowest BCUT2D eigenvalue weighted by Gasteiger charge is -2.43. The van der Waals surface area contributed by atoms with Crippen molar-refractivity contribution in [2.75, 3.05) is 4.90 Å². The number of hydrogen-bond acceptors (Lipinski definition) is 4. The summed E-state index contributed by atoms with van der Waals surface area (Å²) in [5.74, 6) is -0.449. The Morgan fingerprint density at radius 3 is 2.57 bits per heavy atom. The number of nitrogens with zero attached hydrogens (tertiary/aromatic N) is 3. The van der Waals surface area contributed by atoms with Crippen LogP contribution in [0.2, 0.25) is 0 Å². The first-order valence-electron chi connectivity index (χ1n) is 11.8. The molecule has 2 aromatic heterocycles.